The van der Waals surface area contributed by atoms with Gasteiger partial charge in [-0.3, -0.25) is 0 Å². The van der Waals surface area contributed by atoms with Crippen molar-refractivity contribution >= 4 is 17.3 Å². The zero-order chi connectivity index (χ0) is 19.2. The average Bonchev–Trinajstić information content (AvgIpc) is 2.68. The molecule has 136 valence electrons. The first-order valence-corrected chi connectivity index (χ1v) is 8.23. The van der Waals surface area contributed by atoms with Crippen molar-refractivity contribution in [3.63, 3.8) is 0 Å². The maximum atomic E-state index is 12.2. The molecule has 0 saturated carbocycles. The SMILES string of the molecule is COc1ccc(C(=O)Oc2ccc(N=Nc3ccc(C)cc3)c(O)c2)cc1. The van der Waals surface area contributed by atoms with E-state index in [1.807, 2.05) is 31.2 Å². The van der Waals surface area contributed by atoms with Crippen LogP contribution in [0.15, 0.2) is 77.0 Å². The maximum Gasteiger partial charge on any atom is 0.343 e. The molecular formula is C21H18N2O4. The van der Waals surface area contributed by atoms with E-state index in [-0.39, 0.29) is 17.2 Å². The minimum absolute atomic E-state index is 0.133. The number of carbonyl (C=O) groups excluding carboxylic acids is 1. The highest BCUT2D eigenvalue weighted by Crippen LogP contribution is 2.32. The smallest absolute Gasteiger partial charge is 0.343 e. The van der Waals surface area contributed by atoms with E-state index in [1.54, 1.807) is 37.4 Å². The minimum Gasteiger partial charge on any atom is -0.505 e. The van der Waals surface area contributed by atoms with Gasteiger partial charge in [0.2, 0.25) is 0 Å². The first kappa shape index (κ1) is 18.1. The van der Waals surface area contributed by atoms with Crippen LogP contribution in [0.5, 0.6) is 17.2 Å². The normalized spacial score (nSPS) is 10.7. The Morgan fingerprint density at radius 2 is 1.56 bits per heavy atom. The van der Waals surface area contributed by atoms with Crippen LogP contribution in [0.2, 0.25) is 0 Å². The molecule has 0 radical (unpaired) electrons. The van der Waals surface area contributed by atoms with Gasteiger partial charge in [-0.2, -0.15) is 5.11 Å². The first-order valence-electron chi connectivity index (χ1n) is 8.23. The summed E-state index contributed by atoms with van der Waals surface area (Å²) < 4.78 is 10.3. The van der Waals surface area contributed by atoms with E-state index in [1.165, 1.54) is 12.1 Å². The molecule has 0 aromatic heterocycles. The van der Waals surface area contributed by atoms with E-state index >= 15 is 0 Å². The third kappa shape index (κ3) is 4.70. The van der Waals surface area contributed by atoms with Gasteiger partial charge in [-0.1, -0.05) is 17.7 Å². The maximum absolute atomic E-state index is 12.2. The molecule has 6 heteroatoms. The Morgan fingerprint density at radius 1 is 0.889 bits per heavy atom. The highest BCUT2D eigenvalue weighted by Gasteiger charge is 2.10. The Bertz CT molecular complexity index is 964. The van der Waals surface area contributed by atoms with Crippen molar-refractivity contribution in [2.45, 2.75) is 6.92 Å². The largest absolute Gasteiger partial charge is 0.505 e. The average molecular weight is 362 g/mol. The van der Waals surface area contributed by atoms with Gasteiger partial charge >= 0.3 is 5.97 Å². The van der Waals surface area contributed by atoms with Gasteiger partial charge in [-0.05, 0) is 55.5 Å². The summed E-state index contributed by atoms with van der Waals surface area (Å²) in [6.45, 7) is 1.98. The number of azo groups is 1. The lowest BCUT2D eigenvalue weighted by Gasteiger charge is -2.06. The van der Waals surface area contributed by atoms with Crippen LogP contribution in [-0.2, 0) is 0 Å². The van der Waals surface area contributed by atoms with Crippen LogP contribution in [0.4, 0.5) is 11.4 Å². The molecule has 3 aromatic carbocycles. The molecule has 6 nitrogen and oxygen atoms in total. The van der Waals surface area contributed by atoms with E-state index in [2.05, 4.69) is 10.2 Å². The summed E-state index contributed by atoms with van der Waals surface area (Å²) in [6, 6.07) is 18.5. The Labute approximate surface area is 156 Å². The van der Waals surface area contributed by atoms with Crippen LogP contribution in [0.25, 0.3) is 0 Å². The zero-order valence-electron chi connectivity index (χ0n) is 14.9. The fourth-order valence-corrected chi connectivity index (χ4v) is 2.27. The second-order valence-electron chi connectivity index (χ2n) is 5.80. The summed E-state index contributed by atoms with van der Waals surface area (Å²) in [7, 11) is 1.55. The molecule has 3 aromatic rings. The summed E-state index contributed by atoms with van der Waals surface area (Å²) in [5.74, 6) is 0.187. The summed E-state index contributed by atoms with van der Waals surface area (Å²) in [6.07, 6.45) is 0. The van der Waals surface area contributed by atoms with Crippen molar-refractivity contribution in [1.82, 2.24) is 0 Å². The van der Waals surface area contributed by atoms with Crippen LogP contribution in [0.3, 0.4) is 0 Å². The van der Waals surface area contributed by atoms with Gasteiger partial charge in [0.1, 0.15) is 22.9 Å². The molecule has 0 aliphatic carbocycles. The number of carbonyl (C=O) groups is 1. The van der Waals surface area contributed by atoms with Crippen molar-refractivity contribution in [3.8, 4) is 17.2 Å². The second-order valence-corrected chi connectivity index (χ2v) is 5.80. The lowest BCUT2D eigenvalue weighted by molar-refractivity contribution is 0.0734. The number of esters is 1. The highest BCUT2D eigenvalue weighted by atomic mass is 16.5. The van der Waals surface area contributed by atoms with Gasteiger partial charge < -0.3 is 14.6 Å². The topological polar surface area (TPSA) is 80.5 Å². The van der Waals surface area contributed by atoms with Crippen LogP contribution in [0.1, 0.15) is 15.9 Å². The quantitative estimate of drug-likeness (QED) is 0.377. The van der Waals surface area contributed by atoms with Gasteiger partial charge in [-0.25, -0.2) is 4.79 Å². The number of rotatable bonds is 5. The molecule has 0 bridgehead atoms. The third-order valence-electron chi connectivity index (χ3n) is 3.79. The summed E-state index contributed by atoms with van der Waals surface area (Å²) in [4.78, 5) is 12.2. The molecular weight excluding hydrogens is 344 g/mol. The van der Waals surface area contributed by atoms with Gasteiger partial charge in [0.15, 0.2) is 0 Å². The second kappa shape index (κ2) is 8.14. The number of aryl methyl sites for hydroxylation is 1. The third-order valence-corrected chi connectivity index (χ3v) is 3.79. The van der Waals surface area contributed by atoms with Crippen LogP contribution in [0, 0.1) is 6.92 Å². The number of hydrogen-bond donors (Lipinski definition) is 1. The van der Waals surface area contributed by atoms with E-state index in [9.17, 15) is 9.90 Å². The number of methoxy groups -OCH3 is 1. The van der Waals surface area contributed by atoms with Gasteiger partial charge in [0, 0.05) is 6.07 Å². The number of benzene rings is 3. The molecule has 0 fully saturated rings. The van der Waals surface area contributed by atoms with Crippen molar-refractivity contribution < 1.29 is 19.4 Å². The Hall–Kier alpha value is -3.67. The molecule has 0 unspecified atom stereocenters. The van der Waals surface area contributed by atoms with Crippen molar-refractivity contribution in [2.75, 3.05) is 7.11 Å². The minimum atomic E-state index is -0.536. The standard InChI is InChI=1S/C21H18N2O4/c1-14-3-7-16(8-4-14)22-23-19-12-11-18(13-20(19)24)27-21(25)15-5-9-17(26-2)10-6-15/h3-13,24H,1-2H3. The lowest BCUT2D eigenvalue weighted by Crippen LogP contribution is -2.08. The van der Waals surface area contributed by atoms with Crippen LogP contribution in [-0.4, -0.2) is 18.2 Å². The Morgan fingerprint density at radius 3 is 2.19 bits per heavy atom. The predicted molar refractivity (Wildman–Crippen MR) is 101 cm³/mol. The summed E-state index contributed by atoms with van der Waals surface area (Å²) in [5.41, 5.74) is 2.45. The number of phenolic OH excluding ortho intramolecular Hbond substituents is 1. The molecule has 0 spiro atoms. The molecule has 0 amide bonds. The van der Waals surface area contributed by atoms with Gasteiger partial charge in [0.05, 0.1) is 18.4 Å². The Kier molecular flexibility index (Phi) is 5.47. The summed E-state index contributed by atoms with van der Waals surface area (Å²) >= 11 is 0. The van der Waals surface area contributed by atoms with Crippen molar-refractivity contribution in [2.24, 2.45) is 10.2 Å². The number of aromatic hydroxyl groups is 1. The van der Waals surface area contributed by atoms with E-state index in [4.69, 9.17) is 9.47 Å². The first-order chi connectivity index (χ1) is 13.0. The van der Waals surface area contributed by atoms with Gasteiger partial charge in [0.25, 0.3) is 0 Å². The molecule has 0 aliphatic rings. The summed E-state index contributed by atoms with van der Waals surface area (Å²) in [5, 5.41) is 18.2. The van der Waals surface area contributed by atoms with E-state index < -0.39 is 5.97 Å². The van der Waals surface area contributed by atoms with Crippen molar-refractivity contribution in [1.29, 1.82) is 0 Å². The molecule has 0 heterocycles. The van der Waals surface area contributed by atoms with E-state index in [0.717, 1.165) is 5.56 Å². The molecule has 0 saturated heterocycles. The fourth-order valence-electron chi connectivity index (χ4n) is 2.27. The van der Waals surface area contributed by atoms with E-state index in [0.29, 0.717) is 17.0 Å². The fraction of sp³-hybridized carbons (Fsp3) is 0.0952. The molecule has 0 aliphatic heterocycles. The van der Waals surface area contributed by atoms with Crippen LogP contribution < -0.4 is 9.47 Å². The predicted octanol–water partition coefficient (Wildman–Crippen LogP) is 5.34. The monoisotopic (exact) mass is 362 g/mol. The van der Waals surface area contributed by atoms with Crippen LogP contribution >= 0.6 is 0 Å². The molecule has 3 rings (SSSR count). The zero-order valence-corrected chi connectivity index (χ0v) is 14.9. The molecule has 27 heavy (non-hydrogen) atoms. The highest BCUT2D eigenvalue weighted by molar-refractivity contribution is 5.91. The molecule has 0 atom stereocenters. The van der Waals surface area contributed by atoms with Crippen molar-refractivity contribution in [3.05, 3.63) is 77.9 Å². The Balaban J connectivity index is 1.70. The van der Waals surface area contributed by atoms with Gasteiger partial charge in [-0.15, -0.1) is 5.11 Å². The number of hydrogen-bond acceptors (Lipinski definition) is 6. The number of nitrogens with zero attached hydrogens (tertiary/aromatic N) is 2. The lowest BCUT2D eigenvalue weighted by atomic mass is 10.2. The number of phenols is 1. The number of ether oxygens (including phenoxy) is 2. The molecule has 1 N–H and O–H groups in total.